The predicted octanol–water partition coefficient (Wildman–Crippen LogP) is 5.89. The molecule has 0 aliphatic carbocycles. The molecule has 0 saturated carbocycles. The summed E-state index contributed by atoms with van der Waals surface area (Å²) in [5.74, 6) is 0. The van der Waals surface area contributed by atoms with E-state index in [9.17, 15) is 0 Å². The first-order valence-electron chi connectivity index (χ1n) is 6.18. The van der Waals surface area contributed by atoms with E-state index in [1.165, 1.54) is 0 Å². The van der Waals surface area contributed by atoms with E-state index < -0.39 is 0 Å². The lowest BCUT2D eigenvalue weighted by Crippen LogP contribution is -2.12. The van der Waals surface area contributed by atoms with Crippen LogP contribution >= 0.6 is 11.8 Å². The Balaban J connectivity index is -0.0000000176. The highest BCUT2D eigenvalue weighted by atomic mass is 32.2. The van der Waals surface area contributed by atoms with Crippen molar-refractivity contribution in [3.05, 3.63) is 13.2 Å². The van der Waals surface area contributed by atoms with Gasteiger partial charge in [-0.3, -0.25) is 0 Å². The molecule has 0 aromatic heterocycles. The van der Waals surface area contributed by atoms with Crippen LogP contribution in [0, 0.1) is 0 Å². The first kappa shape index (κ1) is 43.0. The van der Waals surface area contributed by atoms with E-state index >= 15 is 0 Å². The smallest absolute Gasteiger partial charge is 0.414 e. The van der Waals surface area contributed by atoms with Gasteiger partial charge in [0.1, 0.15) is 0 Å². The molecular formula is C14H41BO2S. The minimum atomic E-state index is -0.0648. The molecule has 0 N–H and O–H groups in total. The fourth-order valence-electron chi connectivity index (χ4n) is 0.0962. The zero-order chi connectivity index (χ0) is 15.7. The molecule has 0 fully saturated rings. The Morgan fingerprint density at radius 1 is 0.778 bits per heavy atom. The second-order valence-corrected chi connectivity index (χ2v) is 2.26. The summed E-state index contributed by atoms with van der Waals surface area (Å²) >= 11 is 1.75. The van der Waals surface area contributed by atoms with Crippen molar-refractivity contribution in [3.63, 3.8) is 0 Å². The molecule has 0 bridgehead atoms. The Labute approximate surface area is 124 Å². The van der Waals surface area contributed by atoms with Crippen LogP contribution < -0.4 is 0 Å². The third-order valence-electron chi connectivity index (χ3n) is 0.664. The highest BCUT2D eigenvalue weighted by Gasteiger charge is 2.00. The fourth-order valence-corrected chi connectivity index (χ4v) is 0.0962. The molecule has 0 rings (SSSR count). The van der Waals surface area contributed by atoms with Crippen LogP contribution in [0.5, 0.6) is 0 Å². The lowest BCUT2D eigenvalue weighted by atomic mass is 9.96. The Kier molecular flexibility index (Phi) is 285. The summed E-state index contributed by atoms with van der Waals surface area (Å²) in [5, 5.41) is 0. The van der Waals surface area contributed by atoms with Crippen molar-refractivity contribution in [1.82, 2.24) is 0 Å². The first-order chi connectivity index (χ1) is 8.22. The van der Waals surface area contributed by atoms with Crippen molar-refractivity contribution in [2.45, 2.75) is 55.8 Å². The Bertz CT molecular complexity index is 55.1. The van der Waals surface area contributed by atoms with E-state index in [-0.39, 0.29) is 14.5 Å². The van der Waals surface area contributed by atoms with Crippen molar-refractivity contribution in [2.24, 2.45) is 0 Å². The average Bonchev–Trinajstić information content (AvgIpc) is 2.47. The van der Waals surface area contributed by atoms with Gasteiger partial charge < -0.3 is 9.31 Å². The maximum absolute atomic E-state index is 4.68. The first-order valence-corrected chi connectivity index (χ1v) is 7.81. The van der Waals surface area contributed by atoms with Crippen LogP contribution in [0.15, 0.2) is 13.2 Å². The van der Waals surface area contributed by atoms with Gasteiger partial charge >= 0.3 is 7.12 Å². The lowest BCUT2D eigenvalue weighted by molar-refractivity contribution is 0.285. The van der Waals surface area contributed by atoms with Gasteiger partial charge in [0, 0.05) is 14.2 Å². The number of hydrogen-bond donors (Lipinski definition) is 0. The van der Waals surface area contributed by atoms with Gasteiger partial charge in [-0.25, -0.2) is 0 Å². The Morgan fingerprint density at radius 3 is 0.889 bits per heavy atom. The van der Waals surface area contributed by atoms with E-state index in [1.807, 2.05) is 60.9 Å². The largest absolute Gasteiger partial charge is 0.453 e. The van der Waals surface area contributed by atoms with E-state index in [2.05, 4.69) is 22.5 Å². The minimum Gasteiger partial charge on any atom is -0.414 e. The van der Waals surface area contributed by atoms with Gasteiger partial charge in [0.15, 0.2) is 0 Å². The van der Waals surface area contributed by atoms with Gasteiger partial charge in [-0.15, -0.1) is 13.2 Å². The monoisotopic (exact) mass is 284 g/mol. The molecule has 0 radical (unpaired) electrons. The minimum absolute atomic E-state index is 0. The molecule has 0 saturated heterocycles. The average molecular weight is 284 g/mol. The standard InChI is InChI=1S/C3H9BO2.C2H6S.3C2H6.C2H4.CH4/c1-4(5-2)6-3;1-3-2;4*1-2;/h1-3H3;1-2H3;3*1-2H3;1-2H2;1H4. The summed E-state index contributed by atoms with van der Waals surface area (Å²) in [5.41, 5.74) is 0. The zero-order valence-corrected chi connectivity index (χ0v) is 15.0. The molecular weight excluding hydrogens is 243 g/mol. The maximum atomic E-state index is 4.68. The zero-order valence-electron chi connectivity index (χ0n) is 14.2. The summed E-state index contributed by atoms with van der Waals surface area (Å²) in [4.78, 5) is 0. The third-order valence-corrected chi connectivity index (χ3v) is 0.664. The summed E-state index contributed by atoms with van der Waals surface area (Å²) < 4.78 is 9.35. The molecule has 0 heterocycles. The summed E-state index contributed by atoms with van der Waals surface area (Å²) in [6.45, 7) is 19.8. The van der Waals surface area contributed by atoms with Gasteiger partial charge in [-0.1, -0.05) is 49.0 Å². The molecule has 0 atom stereocenters. The third kappa shape index (κ3) is 220. The molecule has 0 aromatic rings. The van der Waals surface area contributed by atoms with Gasteiger partial charge in [-0.05, 0) is 19.3 Å². The SMILES string of the molecule is C.C=C.CC.CC.CC.COB(C)OC.CSC. The van der Waals surface area contributed by atoms with Crippen molar-refractivity contribution >= 4 is 18.9 Å². The molecule has 0 amide bonds. The van der Waals surface area contributed by atoms with Crippen LogP contribution in [0.25, 0.3) is 0 Å². The Morgan fingerprint density at radius 2 is 0.889 bits per heavy atom. The van der Waals surface area contributed by atoms with Crippen molar-refractivity contribution in [3.8, 4) is 0 Å². The fraction of sp³-hybridized carbons (Fsp3) is 0.857. The Hall–Kier alpha value is 0.0749. The number of rotatable bonds is 2. The van der Waals surface area contributed by atoms with Gasteiger partial charge in [-0.2, -0.15) is 11.8 Å². The van der Waals surface area contributed by atoms with Crippen LogP contribution in [0.2, 0.25) is 6.82 Å². The van der Waals surface area contributed by atoms with E-state index in [0.29, 0.717) is 0 Å². The van der Waals surface area contributed by atoms with Gasteiger partial charge in [0.2, 0.25) is 0 Å². The van der Waals surface area contributed by atoms with Crippen molar-refractivity contribution < 1.29 is 9.31 Å². The second-order valence-electron chi connectivity index (χ2n) is 1.45. The van der Waals surface area contributed by atoms with Crippen LogP contribution in [-0.2, 0) is 9.31 Å². The number of hydrogen-bond acceptors (Lipinski definition) is 3. The number of thioether (sulfide) groups is 1. The van der Waals surface area contributed by atoms with Crippen LogP contribution in [-0.4, -0.2) is 33.8 Å². The molecule has 0 unspecified atom stereocenters. The van der Waals surface area contributed by atoms with Crippen LogP contribution in [0.1, 0.15) is 49.0 Å². The topological polar surface area (TPSA) is 18.5 Å². The molecule has 0 aliphatic heterocycles. The van der Waals surface area contributed by atoms with E-state index in [4.69, 9.17) is 0 Å². The quantitative estimate of drug-likeness (QED) is 0.465. The summed E-state index contributed by atoms with van der Waals surface area (Å²) in [6.07, 6.45) is 4.08. The summed E-state index contributed by atoms with van der Waals surface area (Å²) in [7, 11) is 3.15. The molecule has 0 spiro atoms. The highest BCUT2D eigenvalue weighted by Crippen LogP contribution is 1.77. The van der Waals surface area contributed by atoms with Crippen molar-refractivity contribution in [1.29, 1.82) is 0 Å². The molecule has 4 heteroatoms. The van der Waals surface area contributed by atoms with Crippen molar-refractivity contribution in [2.75, 3.05) is 26.7 Å². The molecule has 2 nitrogen and oxygen atoms in total. The van der Waals surface area contributed by atoms with E-state index in [0.717, 1.165) is 0 Å². The predicted molar refractivity (Wildman–Crippen MR) is 97.1 cm³/mol. The molecule has 0 aromatic carbocycles. The molecule has 0 aliphatic rings. The van der Waals surface area contributed by atoms with Crippen LogP contribution in [0.4, 0.5) is 0 Å². The highest BCUT2D eigenvalue weighted by molar-refractivity contribution is 7.97. The second kappa shape index (κ2) is 120. The van der Waals surface area contributed by atoms with Gasteiger partial charge in [0.25, 0.3) is 0 Å². The normalized spacial score (nSPS) is 5.06. The summed E-state index contributed by atoms with van der Waals surface area (Å²) in [6, 6.07) is 0. The lowest BCUT2D eigenvalue weighted by Gasteiger charge is -1.97. The maximum Gasteiger partial charge on any atom is 0.453 e. The van der Waals surface area contributed by atoms with Crippen LogP contribution in [0.3, 0.4) is 0 Å². The van der Waals surface area contributed by atoms with E-state index in [1.54, 1.807) is 26.0 Å². The van der Waals surface area contributed by atoms with Gasteiger partial charge in [0.05, 0.1) is 0 Å². The molecule has 118 valence electrons. The molecule has 18 heavy (non-hydrogen) atoms.